The summed E-state index contributed by atoms with van der Waals surface area (Å²) < 4.78 is 43.6. The van der Waals surface area contributed by atoms with E-state index in [0.29, 0.717) is 12.2 Å². The minimum Gasteiger partial charge on any atom is -0.497 e. The summed E-state index contributed by atoms with van der Waals surface area (Å²) in [5.41, 5.74) is 3.98. The van der Waals surface area contributed by atoms with Crippen LogP contribution in [-0.2, 0) is 24.1 Å². The van der Waals surface area contributed by atoms with Gasteiger partial charge >= 0.3 is 0 Å². The highest BCUT2D eigenvalue weighted by atomic mass is 31.2. The molecule has 4 atom stereocenters. The molecule has 1 aliphatic heterocycles. The molecule has 15 heteroatoms. The highest BCUT2D eigenvalue weighted by Gasteiger charge is 2.45. The van der Waals surface area contributed by atoms with Gasteiger partial charge in [0.2, 0.25) is 0 Å². The van der Waals surface area contributed by atoms with E-state index in [1.54, 1.807) is 20.5 Å². The summed E-state index contributed by atoms with van der Waals surface area (Å²) in [6.45, 7) is 10.8. The van der Waals surface area contributed by atoms with Gasteiger partial charge in [0.25, 0.3) is 8.53 Å². The molecular weight excluding hydrogens is 816 g/mol. The third-order valence-corrected chi connectivity index (χ3v) is 13.4. The standard InChI is InChI=1S/C48H57N8O6P/c1-32(2)56(33(3)4)63(60-25-13-24-49)62-44-28-46(55-31-52-42-26-40-41(27-43(42)55)50-30-51-47(40)53-34(5)54(6)7)61-45(44)29-59-48(35-14-11-10-12-15-35,36-16-20-38(57-8)21-17-36)37-18-22-39(58-9)23-19-37/h10-12,14-23,26-27,30-33,44-46H,13,25,28-29H2,1-9H3/t44-,45+,46+,63?/m0/s1. The number of methoxy groups -OCH3 is 2. The van der Waals surface area contributed by atoms with Crippen molar-refractivity contribution in [1.29, 1.82) is 5.26 Å². The molecule has 7 rings (SSSR count). The molecule has 0 bridgehead atoms. The molecule has 0 saturated carbocycles. The van der Waals surface area contributed by atoms with Crippen LogP contribution in [0.25, 0.3) is 21.9 Å². The lowest BCUT2D eigenvalue weighted by Crippen LogP contribution is -2.39. The fourth-order valence-corrected chi connectivity index (χ4v) is 9.72. The van der Waals surface area contributed by atoms with Crippen LogP contribution in [0.1, 0.15) is 70.4 Å². The molecule has 6 aromatic rings. The molecule has 14 nitrogen and oxygen atoms in total. The minimum absolute atomic E-state index is 0.102. The Morgan fingerprint density at radius 2 is 1.52 bits per heavy atom. The maximum Gasteiger partial charge on any atom is 0.259 e. The van der Waals surface area contributed by atoms with Crippen LogP contribution >= 0.6 is 8.53 Å². The Bertz CT molecular complexity index is 2450. The van der Waals surface area contributed by atoms with Gasteiger partial charge in [0, 0.05) is 38.0 Å². The van der Waals surface area contributed by atoms with Crippen molar-refractivity contribution in [1.82, 2.24) is 29.1 Å². The van der Waals surface area contributed by atoms with Gasteiger partial charge in [0.15, 0.2) is 5.82 Å². The highest BCUT2D eigenvalue weighted by molar-refractivity contribution is 7.44. The van der Waals surface area contributed by atoms with Gasteiger partial charge in [-0.25, -0.2) is 24.6 Å². The number of fused-ring (bicyclic) bond motifs is 2. The zero-order chi connectivity index (χ0) is 44.7. The molecule has 1 unspecified atom stereocenters. The molecular formula is C48H57N8O6P. The van der Waals surface area contributed by atoms with Gasteiger partial charge < -0.3 is 37.5 Å². The molecule has 63 heavy (non-hydrogen) atoms. The van der Waals surface area contributed by atoms with Crippen LogP contribution in [0.5, 0.6) is 11.5 Å². The van der Waals surface area contributed by atoms with Crippen molar-refractivity contribution >= 4 is 42.1 Å². The monoisotopic (exact) mass is 872 g/mol. The zero-order valence-electron chi connectivity index (χ0n) is 37.5. The number of nitriles is 1. The number of hydrogen-bond donors (Lipinski definition) is 0. The number of nitrogens with zero attached hydrogens (tertiary/aromatic N) is 8. The molecule has 2 aromatic heterocycles. The number of aromatic nitrogens is 4. The first-order valence-corrected chi connectivity index (χ1v) is 22.3. The van der Waals surface area contributed by atoms with Crippen molar-refractivity contribution in [2.24, 2.45) is 4.99 Å². The van der Waals surface area contributed by atoms with Crippen molar-refractivity contribution in [2.45, 2.75) is 83.6 Å². The average Bonchev–Trinajstić information content (AvgIpc) is 3.89. The van der Waals surface area contributed by atoms with Gasteiger partial charge in [-0.3, -0.25) is 0 Å². The summed E-state index contributed by atoms with van der Waals surface area (Å²) in [7, 11) is 5.59. The van der Waals surface area contributed by atoms with Crippen LogP contribution in [0.3, 0.4) is 0 Å². The van der Waals surface area contributed by atoms with Gasteiger partial charge in [-0.05, 0) is 87.7 Å². The molecule has 0 amide bonds. The maximum atomic E-state index is 9.46. The summed E-state index contributed by atoms with van der Waals surface area (Å²) in [5, 5.41) is 10.3. The van der Waals surface area contributed by atoms with Crippen LogP contribution in [0.4, 0.5) is 5.82 Å². The van der Waals surface area contributed by atoms with Crippen molar-refractivity contribution in [3.8, 4) is 17.6 Å². The van der Waals surface area contributed by atoms with E-state index in [-0.39, 0.29) is 31.7 Å². The normalized spacial score (nSPS) is 17.5. The first kappa shape index (κ1) is 45.5. The van der Waals surface area contributed by atoms with E-state index in [1.165, 1.54) is 6.33 Å². The van der Waals surface area contributed by atoms with Crippen molar-refractivity contribution in [3.05, 3.63) is 120 Å². The van der Waals surface area contributed by atoms with E-state index in [2.05, 4.69) is 60.5 Å². The lowest BCUT2D eigenvalue weighted by atomic mass is 9.80. The lowest BCUT2D eigenvalue weighted by Gasteiger charge is -2.39. The number of rotatable bonds is 18. The summed E-state index contributed by atoms with van der Waals surface area (Å²) >= 11 is 0. The number of benzene rings is 4. The summed E-state index contributed by atoms with van der Waals surface area (Å²) in [6.07, 6.45) is 2.50. The number of ether oxygens (including phenoxy) is 4. The van der Waals surface area contributed by atoms with E-state index in [9.17, 15) is 5.26 Å². The predicted octanol–water partition coefficient (Wildman–Crippen LogP) is 9.57. The third kappa shape index (κ3) is 9.85. The van der Waals surface area contributed by atoms with Gasteiger partial charge in [0.1, 0.15) is 41.6 Å². The second-order valence-corrected chi connectivity index (χ2v) is 17.5. The van der Waals surface area contributed by atoms with E-state index in [0.717, 1.165) is 56.0 Å². The summed E-state index contributed by atoms with van der Waals surface area (Å²) in [4.78, 5) is 20.7. The van der Waals surface area contributed by atoms with E-state index in [1.807, 2.05) is 109 Å². The zero-order valence-corrected chi connectivity index (χ0v) is 38.4. The van der Waals surface area contributed by atoms with E-state index >= 15 is 0 Å². The molecule has 4 aromatic carbocycles. The number of aliphatic imine (C=N–C) groups is 1. The van der Waals surface area contributed by atoms with Crippen molar-refractivity contribution in [2.75, 3.05) is 41.5 Å². The smallest absolute Gasteiger partial charge is 0.259 e. The molecule has 0 N–H and O–H groups in total. The van der Waals surface area contributed by atoms with Crippen LogP contribution < -0.4 is 9.47 Å². The highest BCUT2D eigenvalue weighted by Crippen LogP contribution is 2.51. The SMILES string of the molecule is COc1ccc(C(OC[C@H]2O[C@@H](n3cnc4cc5c(N=C(C)N(C)C)ncnc5cc43)C[C@@H]2OP(OCCC#N)N(C(C)C)C(C)C)(c2ccccc2)c2ccc(OC)cc2)cc1. The van der Waals surface area contributed by atoms with Gasteiger partial charge in [-0.15, -0.1) is 0 Å². The Labute approximate surface area is 371 Å². The fourth-order valence-electron chi connectivity index (χ4n) is 7.96. The van der Waals surface area contributed by atoms with Gasteiger partial charge in [0.05, 0.1) is 68.9 Å². The van der Waals surface area contributed by atoms with Crippen molar-refractivity contribution < 1.29 is 28.0 Å². The Kier molecular flexibility index (Phi) is 14.7. The summed E-state index contributed by atoms with van der Waals surface area (Å²) in [5.74, 6) is 2.86. The Morgan fingerprint density at radius 3 is 2.11 bits per heavy atom. The van der Waals surface area contributed by atoms with Gasteiger partial charge in [-0.1, -0.05) is 54.6 Å². The van der Waals surface area contributed by atoms with Crippen LogP contribution in [-0.4, -0.2) is 101 Å². The Balaban J connectivity index is 1.32. The first-order valence-electron chi connectivity index (χ1n) is 21.2. The van der Waals surface area contributed by atoms with Gasteiger partial charge in [-0.2, -0.15) is 5.26 Å². The largest absolute Gasteiger partial charge is 0.497 e. The molecule has 0 aliphatic carbocycles. The minimum atomic E-state index is -1.62. The van der Waals surface area contributed by atoms with E-state index < -0.39 is 32.6 Å². The van der Waals surface area contributed by atoms with Crippen LogP contribution in [0.2, 0.25) is 0 Å². The molecule has 1 saturated heterocycles. The second-order valence-electron chi connectivity index (χ2n) is 16.1. The molecule has 0 radical (unpaired) electrons. The Morgan fingerprint density at radius 1 is 0.889 bits per heavy atom. The Hall–Kier alpha value is -5.52. The second kappa shape index (κ2) is 20.3. The lowest BCUT2D eigenvalue weighted by molar-refractivity contribution is -0.0911. The van der Waals surface area contributed by atoms with Crippen molar-refractivity contribution in [3.63, 3.8) is 0 Å². The summed E-state index contributed by atoms with van der Waals surface area (Å²) in [6, 6.07) is 32.6. The maximum absolute atomic E-state index is 9.46. The molecule has 330 valence electrons. The van der Waals surface area contributed by atoms with E-state index in [4.69, 9.17) is 38.0 Å². The first-order chi connectivity index (χ1) is 30.5. The number of hydrogen-bond acceptors (Lipinski definition) is 12. The van der Waals surface area contributed by atoms with Crippen LogP contribution in [0.15, 0.2) is 109 Å². The van der Waals surface area contributed by atoms with Crippen LogP contribution in [0, 0.1) is 11.3 Å². The predicted molar refractivity (Wildman–Crippen MR) is 246 cm³/mol. The molecule has 1 fully saturated rings. The fraction of sp³-hybridized carbons (Fsp3) is 0.396. The molecule has 3 heterocycles. The third-order valence-electron chi connectivity index (χ3n) is 11.2. The average molecular weight is 873 g/mol. The number of amidine groups is 1. The molecule has 0 spiro atoms. The molecule has 1 aliphatic rings. The number of imidazole rings is 1. The topological polar surface area (TPSA) is 142 Å². The quantitative estimate of drug-likeness (QED) is 0.0267.